The van der Waals surface area contributed by atoms with Crippen LogP contribution in [0.25, 0.3) is 0 Å². The van der Waals surface area contributed by atoms with Gasteiger partial charge in [0.25, 0.3) is 16.9 Å². The largest absolute Gasteiger partial charge is 0.549 e. The highest BCUT2D eigenvalue weighted by Gasteiger charge is 2.17. The summed E-state index contributed by atoms with van der Waals surface area (Å²) in [5, 5.41) is 10.5. The zero-order valence-corrected chi connectivity index (χ0v) is 7.81. The minimum absolute atomic E-state index is 0.0332. The van der Waals surface area contributed by atoms with Crippen molar-refractivity contribution in [3.05, 3.63) is 5.69 Å². The zero-order valence-electron chi connectivity index (χ0n) is 6.99. The SMILES string of the molecule is NC(=O)c1[nH]c(SCC(=O)[O-])[nH+]c1N. The summed E-state index contributed by atoms with van der Waals surface area (Å²) < 4.78 is 0. The van der Waals surface area contributed by atoms with Crippen LogP contribution < -0.4 is 21.6 Å². The van der Waals surface area contributed by atoms with E-state index in [2.05, 4.69) is 9.97 Å². The van der Waals surface area contributed by atoms with Crippen LogP contribution in [0.3, 0.4) is 0 Å². The molecular formula is C6H8N4O3S. The monoisotopic (exact) mass is 216 g/mol. The Morgan fingerprint density at radius 3 is 2.64 bits per heavy atom. The van der Waals surface area contributed by atoms with E-state index >= 15 is 0 Å². The number of nitrogen functional groups attached to an aromatic ring is 1. The van der Waals surface area contributed by atoms with Crippen molar-refractivity contribution >= 4 is 29.5 Å². The van der Waals surface area contributed by atoms with E-state index in [1.807, 2.05) is 0 Å². The van der Waals surface area contributed by atoms with E-state index in [1.165, 1.54) is 0 Å². The molecule has 6 N–H and O–H groups in total. The number of carbonyl (C=O) groups excluding carboxylic acids is 2. The van der Waals surface area contributed by atoms with E-state index in [9.17, 15) is 14.7 Å². The van der Waals surface area contributed by atoms with Crippen molar-refractivity contribution in [3.63, 3.8) is 0 Å². The minimum Gasteiger partial charge on any atom is -0.549 e. The number of anilines is 1. The Labute approximate surface area is 82.9 Å². The summed E-state index contributed by atoms with van der Waals surface area (Å²) in [5.41, 5.74) is 10.4. The van der Waals surface area contributed by atoms with Crippen molar-refractivity contribution in [2.24, 2.45) is 5.73 Å². The smallest absolute Gasteiger partial charge is 0.287 e. The van der Waals surface area contributed by atoms with Crippen molar-refractivity contribution in [1.82, 2.24) is 4.98 Å². The zero-order chi connectivity index (χ0) is 10.7. The molecule has 0 unspecified atom stereocenters. The lowest BCUT2D eigenvalue weighted by molar-refractivity contribution is -0.409. The van der Waals surface area contributed by atoms with Gasteiger partial charge in [0.1, 0.15) is 0 Å². The average molecular weight is 216 g/mol. The molecule has 0 aliphatic heterocycles. The van der Waals surface area contributed by atoms with Crippen molar-refractivity contribution in [2.45, 2.75) is 5.16 Å². The third kappa shape index (κ3) is 2.39. The molecule has 1 amide bonds. The molecule has 0 fully saturated rings. The number of carboxylic acids is 1. The number of nitrogens with one attached hydrogen (secondary N) is 2. The van der Waals surface area contributed by atoms with E-state index in [0.717, 1.165) is 11.8 Å². The number of primary amides is 1. The van der Waals surface area contributed by atoms with E-state index in [-0.39, 0.29) is 17.3 Å². The van der Waals surface area contributed by atoms with Gasteiger partial charge in [0.2, 0.25) is 5.69 Å². The van der Waals surface area contributed by atoms with Crippen LogP contribution in [0.1, 0.15) is 10.5 Å². The third-order valence-corrected chi connectivity index (χ3v) is 2.21. The summed E-state index contributed by atoms with van der Waals surface area (Å²) in [5.74, 6) is -2.08. The topological polar surface area (TPSA) is 139 Å². The molecule has 0 bridgehead atoms. The highest BCUT2D eigenvalue weighted by atomic mass is 32.2. The number of imidazole rings is 1. The maximum absolute atomic E-state index is 10.7. The van der Waals surface area contributed by atoms with E-state index in [0.29, 0.717) is 5.16 Å². The molecule has 14 heavy (non-hydrogen) atoms. The Kier molecular flexibility index (Phi) is 2.97. The maximum atomic E-state index is 10.7. The second-order valence-electron chi connectivity index (χ2n) is 2.39. The van der Waals surface area contributed by atoms with Crippen LogP contribution in [0, 0.1) is 0 Å². The van der Waals surface area contributed by atoms with Gasteiger partial charge in [0.15, 0.2) is 0 Å². The van der Waals surface area contributed by atoms with Crippen molar-refractivity contribution in [1.29, 1.82) is 0 Å². The Balaban J connectivity index is 2.76. The fraction of sp³-hybridized carbons (Fsp3) is 0.167. The molecule has 76 valence electrons. The Hall–Kier alpha value is -1.70. The maximum Gasteiger partial charge on any atom is 0.287 e. The summed E-state index contributed by atoms with van der Waals surface area (Å²) >= 11 is 0.920. The summed E-state index contributed by atoms with van der Waals surface area (Å²) in [6.45, 7) is 0. The minimum atomic E-state index is -1.21. The van der Waals surface area contributed by atoms with Gasteiger partial charge >= 0.3 is 0 Å². The van der Waals surface area contributed by atoms with Crippen molar-refractivity contribution in [2.75, 3.05) is 11.5 Å². The van der Waals surface area contributed by atoms with Gasteiger partial charge in [-0.25, -0.2) is 4.98 Å². The van der Waals surface area contributed by atoms with E-state index in [1.54, 1.807) is 0 Å². The molecule has 1 rings (SSSR count). The van der Waals surface area contributed by atoms with Crippen molar-refractivity contribution < 1.29 is 19.7 Å². The number of nitrogens with two attached hydrogens (primary N) is 2. The van der Waals surface area contributed by atoms with Crippen LogP contribution in [0.15, 0.2) is 5.16 Å². The number of aromatic nitrogens is 2. The molecule has 0 saturated heterocycles. The summed E-state index contributed by atoms with van der Waals surface area (Å²) in [6.07, 6.45) is 0. The lowest BCUT2D eigenvalue weighted by Crippen LogP contribution is -2.24. The second kappa shape index (κ2) is 4.01. The molecule has 0 saturated carbocycles. The second-order valence-corrected chi connectivity index (χ2v) is 3.38. The number of rotatable bonds is 4. The molecule has 7 nitrogen and oxygen atoms in total. The standard InChI is InChI=1S/C6H8N4O3S/c7-4-3(5(8)13)9-6(10-4)14-1-2(11)12/h1,7H2,(H2,8,13)(H,9,10)(H,11,12). The first kappa shape index (κ1) is 10.4. The number of H-pyrrole nitrogens is 2. The lowest BCUT2D eigenvalue weighted by atomic mass is 10.4. The predicted molar refractivity (Wildman–Crippen MR) is 46.0 cm³/mol. The van der Waals surface area contributed by atoms with Crippen LogP contribution >= 0.6 is 11.8 Å². The first-order valence-corrected chi connectivity index (χ1v) is 4.52. The first-order valence-electron chi connectivity index (χ1n) is 3.54. The van der Waals surface area contributed by atoms with Crippen LogP contribution in [0.5, 0.6) is 0 Å². The highest BCUT2D eigenvalue weighted by molar-refractivity contribution is 7.99. The number of hydrogen-bond acceptors (Lipinski definition) is 5. The molecule has 1 aromatic heterocycles. The molecule has 0 aliphatic rings. The van der Waals surface area contributed by atoms with E-state index in [4.69, 9.17) is 11.5 Å². The fourth-order valence-electron chi connectivity index (χ4n) is 0.795. The molecular weight excluding hydrogens is 208 g/mol. The molecule has 0 aromatic carbocycles. The van der Waals surface area contributed by atoms with Gasteiger partial charge in [-0.2, -0.15) is 0 Å². The molecule has 8 heteroatoms. The molecule has 1 heterocycles. The van der Waals surface area contributed by atoms with Gasteiger partial charge < -0.3 is 21.4 Å². The summed E-state index contributed by atoms with van der Waals surface area (Å²) in [7, 11) is 0. The van der Waals surface area contributed by atoms with Gasteiger partial charge in [0.05, 0.1) is 5.97 Å². The number of amides is 1. The van der Waals surface area contributed by atoms with Gasteiger partial charge in [-0.1, -0.05) is 11.8 Å². The summed E-state index contributed by atoms with van der Waals surface area (Å²) in [4.78, 5) is 26.0. The molecule has 0 aliphatic carbocycles. The number of hydrogen-bond donors (Lipinski definition) is 3. The Morgan fingerprint density at radius 1 is 1.57 bits per heavy atom. The number of carboxylic acid groups (broad SMARTS) is 1. The molecule has 0 spiro atoms. The number of aliphatic carboxylic acids is 1. The van der Waals surface area contributed by atoms with Gasteiger partial charge in [-0.15, -0.1) is 0 Å². The molecule has 1 aromatic rings. The van der Waals surface area contributed by atoms with Crippen molar-refractivity contribution in [3.8, 4) is 0 Å². The van der Waals surface area contributed by atoms with Crippen LogP contribution in [-0.2, 0) is 4.79 Å². The third-order valence-electron chi connectivity index (χ3n) is 1.34. The predicted octanol–water partition coefficient (Wildman–Crippen LogP) is -2.65. The Bertz CT molecular complexity index is 375. The average Bonchev–Trinajstić information content (AvgIpc) is 2.43. The molecule has 0 radical (unpaired) electrons. The van der Waals surface area contributed by atoms with Gasteiger partial charge in [0, 0.05) is 5.75 Å². The number of carbonyl (C=O) groups is 2. The van der Waals surface area contributed by atoms with E-state index < -0.39 is 11.9 Å². The van der Waals surface area contributed by atoms with Gasteiger partial charge in [-0.05, 0) is 0 Å². The fourth-order valence-corrected chi connectivity index (χ4v) is 1.41. The molecule has 0 atom stereocenters. The summed E-state index contributed by atoms with van der Waals surface area (Å²) in [6, 6.07) is 0. The number of thioether (sulfide) groups is 1. The lowest BCUT2D eigenvalue weighted by Gasteiger charge is -1.95. The van der Waals surface area contributed by atoms with Gasteiger partial charge in [-0.3, -0.25) is 9.78 Å². The number of aromatic amines is 2. The van der Waals surface area contributed by atoms with Crippen LogP contribution in [0.4, 0.5) is 5.82 Å². The quantitative estimate of drug-likeness (QED) is 0.472. The normalized spacial score (nSPS) is 10.0. The van der Waals surface area contributed by atoms with Crippen LogP contribution in [-0.4, -0.2) is 22.6 Å². The highest BCUT2D eigenvalue weighted by Crippen LogP contribution is 2.12. The van der Waals surface area contributed by atoms with Crippen LogP contribution in [0.2, 0.25) is 0 Å². The first-order chi connectivity index (χ1) is 6.50. The Morgan fingerprint density at radius 2 is 2.21 bits per heavy atom.